The van der Waals surface area contributed by atoms with Crippen molar-refractivity contribution in [3.05, 3.63) is 18.0 Å². The molecule has 0 aliphatic carbocycles. The second kappa shape index (κ2) is 3.99. The highest BCUT2D eigenvalue weighted by atomic mass is 16.5. The number of nitrogens with two attached hydrogens (primary N) is 1. The Morgan fingerprint density at radius 2 is 2.56 bits per heavy atom. The highest BCUT2D eigenvalue weighted by Gasteiger charge is 2.43. The van der Waals surface area contributed by atoms with Gasteiger partial charge in [-0.05, 0) is 13.0 Å². The standard InChI is InChI=1S/C11H17N3O2/c1-11(7-16-6-9(11)12)10(15)5-8-3-4-14(2)13-8/h3-4,9H,5-7,12H2,1-2H3. The van der Waals surface area contributed by atoms with Crippen LogP contribution >= 0.6 is 0 Å². The molecule has 1 fully saturated rings. The summed E-state index contributed by atoms with van der Waals surface area (Å²) < 4.78 is 6.96. The van der Waals surface area contributed by atoms with Gasteiger partial charge in [0.15, 0.2) is 0 Å². The summed E-state index contributed by atoms with van der Waals surface area (Å²) >= 11 is 0. The van der Waals surface area contributed by atoms with Crippen molar-refractivity contribution in [1.29, 1.82) is 0 Å². The zero-order valence-electron chi connectivity index (χ0n) is 9.64. The summed E-state index contributed by atoms with van der Waals surface area (Å²) in [7, 11) is 1.83. The average molecular weight is 223 g/mol. The molecule has 0 radical (unpaired) electrons. The van der Waals surface area contributed by atoms with Crippen molar-refractivity contribution < 1.29 is 9.53 Å². The molecular weight excluding hydrogens is 206 g/mol. The van der Waals surface area contributed by atoms with E-state index in [-0.39, 0.29) is 11.8 Å². The summed E-state index contributed by atoms with van der Waals surface area (Å²) in [4.78, 5) is 12.1. The molecule has 1 aliphatic heterocycles. The van der Waals surface area contributed by atoms with E-state index in [1.54, 1.807) is 4.68 Å². The highest BCUT2D eigenvalue weighted by Crippen LogP contribution is 2.29. The number of ether oxygens (including phenoxy) is 1. The molecule has 2 unspecified atom stereocenters. The van der Waals surface area contributed by atoms with Crippen LogP contribution in [0.25, 0.3) is 0 Å². The topological polar surface area (TPSA) is 70.1 Å². The lowest BCUT2D eigenvalue weighted by molar-refractivity contribution is -0.127. The van der Waals surface area contributed by atoms with E-state index in [4.69, 9.17) is 10.5 Å². The van der Waals surface area contributed by atoms with Gasteiger partial charge in [-0.15, -0.1) is 0 Å². The van der Waals surface area contributed by atoms with Crippen LogP contribution < -0.4 is 5.73 Å². The zero-order valence-corrected chi connectivity index (χ0v) is 9.64. The number of carbonyl (C=O) groups excluding carboxylic acids is 1. The number of rotatable bonds is 3. The van der Waals surface area contributed by atoms with Crippen LogP contribution in [0.15, 0.2) is 12.3 Å². The number of hydrogen-bond acceptors (Lipinski definition) is 4. The van der Waals surface area contributed by atoms with Gasteiger partial charge in [0, 0.05) is 19.3 Å². The first kappa shape index (κ1) is 11.3. The van der Waals surface area contributed by atoms with Gasteiger partial charge < -0.3 is 10.5 Å². The second-order valence-electron chi connectivity index (χ2n) is 4.62. The van der Waals surface area contributed by atoms with Crippen LogP contribution in [-0.2, 0) is 23.0 Å². The van der Waals surface area contributed by atoms with Crippen LogP contribution in [0.4, 0.5) is 0 Å². The van der Waals surface area contributed by atoms with E-state index in [9.17, 15) is 4.79 Å². The number of carbonyl (C=O) groups is 1. The minimum absolute atomic E-state index is 0.108. The van der Waals surface area contributed by atoms with Crippen LogP contribution in [-0.4, -0.2) is 34.8 Å². The van der Waals surface area contributed by atoms with Crippen molar-refractivity contribution in [3.63, 3.8) is 0 Å². The molecule has 5 heteroatoms. The Labute approximate surface area is 94.6 Å². The minimum Gasteiger partial charge on any atom is -0.379 e. The zero-order chi connectivity index (χ0) is 11.8. The van der Waals surface area contributed by atoms with E-state index in [0.29, 0.717) is 19.6 Å². The fourth-order valence-electron chi connectivity index (χ4n) is 1.90. The van der Waals surface area contributed by atoms with E-state index >= 15 is 0 Å². The van der Waals surface area contributed by atoms with Gasteiger partial charge in [0.2, 0.25) is 0 Å². The molecule has 2 N–H and O–H groups in total. The third-order valence-corrected chi connectivity index (χ3v) is 3.27. The molecule has 1 aromatic heterocycles. The molecule has 0 saturated carbocycles. The summed E-state index contributed by atoms with van der Waals surface area (Å²) in [5, 5.41) is 4.19. The lowest BCUT2D eigenvalue weighted by Gasteiger charge is -2.24. The van der Waals surface area contributed by atoms with Crippen LogP contribution in [0.3, 0.4) is 0 Å². The molecule has 1 aromatic rings. The number of ketones is 1. The number of nitrogens with zero attached hydrogens (tertiary/aromatic N) is 2. The molecule has 2 atom stereocenters. The van der Waals surface area contributed by atoms with Crippen molar-refractivity contribution in [1.82, 2.24) is 9.78 Å². The summed E-state index contributed by atoms with van der Waals surface area (Å²) in [6.45, 7) is 2.75. The molecule has 5 nitrogen and oxygen atoms in total. The molecule has 0 spiro atoms. The van der Waals surface area contributed by atoms with E-state index in [2.05, 4.69) is 5.10 Å². The quantitative estimate of drug-likeness (QED) is 0.776. The second-order valence-corrected chi connectivity index (χ2v) is 4.62. The predicted molar refractivity (Wildman–Crippen MR) is 58.8 cm³/mol. The molecule has 2 rings (SSSR count). The molecule has 1 saturated heterocycles. The Balaban J connectivity index is 2.08. The molecule has 0 bridgehead atoms. The first-order valence-corrected chi connectivity index (χ1v) is 5.37. The van der Waals surface area contributed by atoms with E-state index in [1.807, 2.05) is 26.2 Å². The first-order chi connectivity index (χ1) is 7.52. The van der Waals surface area contributed by atoms with Crippen LogP contribution in [0, 0.1) is 5.41 Å². The SMILES string of the molecule is Cn1ccc(CC(=O)C2(C)COCC2N)n1. The Kier molecular flexibility index (Phi) is 2.82. The summed E-state index contributed by atoms with van der Waals surface area (Å²) in [5.74, 6) is 0.108. The van der Waals surface area contributed by atoms with Gasteiger partial charge in [-0.1, -0.05) is 0 Å². The molecule has 16 heavy (non-hydrogen) atoms. The van der Waals surface area contributed by atoms with Crippen molar-refractivity contribution in [2.75, 3.05) is 13.2 Å². The van der Waals surface area contributed by atoms with Crippen molar-refractivity contribution in [2.45, 2.75) is 19.4 Å². The predicted octanol–water partition coefficient (Wildman–Crippen LogP) is -0.104. The van der Waals surface area contributed by atoms with Gasteiger partial charge in [0.25, 0.3) is 0 Å². The van der Waals surface area contributed by atoms with Gasteiger partial charge in [0.05, 0.1) is 30.7 Å². The summed E-state index contributed by atoms with van der Waals surface area (Å²) in [5.41, 5.74) is 6.13. The van der Waals surface area contributed by atoms with Gasteiger partial charge in [-0.25, -0.2) is 0 Å². The number of hydrogen-bond donors (Lipinski definition) is 1. The molecule has 2 heterocycles. The smallest absolute Gasteiger partial charge is 0.148 e. The van der Waals surface area contributed by atoms with Gasteiger partial charge in [-0.3, -0.25) is 9.48 Å². The Morgan fingerprint density at radius 1 is 1.81 bits per heavy atom. The van der Waals surface area contributed by atoms with Crippen molar-refractivity contribution in [2.24, 2.45) is 18.2 Å². The number of Topliss-reactive ketones (excluding diaryl/α,β-unsaturated/α-hetero) is 1. The highest BCUT2D eigenvalue weighted by molar-refractivity contribution is 5.87. The Bertz CT molecular complexity index is 402. The third kappa shape index (κ3) is 1.88. The van der Waals surface area contributed by atoms with Crippen molar-refractivity contribution in [3.8, 4) is 0 Å². The molecule has 0 aromatic carbocycles. The Hall–Kier alpha value is -1.20. The monoisotopic (exact) mass is 223 g/mol. The minimum atomic E-state index is -0.558. The fourth-order valence-corrected chi connectivity index (χ4v) is 1.90. The molecular formula is C11H17N3O2. The number of aromatic nitrogens is 2. The third-order valence-electron chi connectivity index (χ3n) is 3.27. The maximum absolute atomic E-state index is 12.1. The van der Waals surface area contributed by atoms with Gasteiger partial charge in [0.1, 0.15) is 5.78 Å². The average Bonchev–Trinajstić information content (AvgIpc) is 2.76. The molecule has 1 aliphatic rings. The van der Waals surface area contributed by atoms with E-state index in [1.165, 1.54) is 0 Å². The van der Waals surface area contributed by atoms with Crippen LogP contribution in [0.2, 0.25) is 0 Å². The fraction of sp³-hybridized carbons (Fsp3) is 0.636. The first-order valence-electron chi connectivity index (χ1n) is 5.37. The van der Waals surface area contributed by atoms with Crippen molar-refractivity contribution >= 4 is 5.78 Å². The molecule has 0 amide bonds. The maximum atomic E-state index is 12.1. The van der Waals surface area contributed by atoms with Crippen LogP contribution in [0.5, 0.6) is 0 Å². The normalized spacial score (nSPS) is 29.6. The summed E-state index contributed by atoms with van der Waals surface area (Å²) in [6.07, 6.45) is 2.16. The lowest BCUT2D eigenvalue weighted by atomic mass is 9.80. The van der Waals surface area contributed by atoms with E-state index in [0.717, 1.165) is 5.69 Å². The Morgan fingerprint density at radius 3 is 3.06 bits per heavy atom. The van der Waals surface area contributed by atoms with Crippen LogP contribution in [0.1, 0.15) is 12.6 Å². The van der Waals surface area contributed by atoms with Gasteiger partial charge >= 0.3 is 0 Å². The largest absolute Gasteiger partial charge is 0.379 e. The maximum Gasteiger partial charge on any atom is 0.148 e. The van der Waals surface area contributed by atoms with E-state index < -0.39 is 5.41 Å². The number of aryl methyl sites for hydroxylation is 1. The summed E-state index contributed by atoms with van der Waals surface area (Å²) in [6, 6.07) is 1.64. The molecule has 88 valence electrons. The lowest BCUT2D eigenvalue weighted by Crippen LogP contribution is -2.45. The van der Waals surface area contributed by atoms with Gasteiger partial charge in [-0.2, -0.15) is 5.10 Å².